The van der Waals surface area contributed by atoms with Crippen molar-refractivity contribution in [2.45, 2.75) is 6.04 Å². The lowest BCUT2D eigenvalue weighted by molar-refractivity contribution is -0.116. The van der Waals surface area contributed by atoms with Crippen molar-refractivity contribution in [1.82, 2.24) is 0 Å². The maximum Gasteiger partial charge on any atom is 0.251 e. The Hall–Kier alpha value is -1.78. The van der Waals surface area contributed by atoms with Gasteiger partial charge < -0.3 is 10.6 Å². The lowest BCUT2D eigenvalue weighted by Crippen LogP contribution is -2.19. The molecule has 1 amide bonds. The summed E-state index contributed by atoms with van der Waals surface area (Å²) >= 11 is 12.0. The molecule has 2 aromatic rings. The van der Waals surface area contributed by atoms with Crippen molar-refractivity contribution in [2.75, 3.05) is 10.6 Å². The van der Waals surface area contributed by atoms with Crippen LogP contribution in [0.2, 0.25) is 10.0 Å². The highest BCUT2D eigenvalue weighted by atomic mass is 35.5. The standard InChI is InChI=1S/C14H9Cl2FN2O/c15-7-1-4-10(16)12(5-7)18-13-9-3-2-8(17)6-11(9)19-14(13)20/h1-6,13,18H,(H,19,20). The third-order valence-corrected chi connectivity index (χ3v) is 3.64. The minimum Gasteiger partial charge on any atom is -0.369 e. The molecule has 20 heavy (non-hydrogen) atoms. The zero-order valence-corrected chi connectivity index (χ0v) is 11.6. The van der Waals surface area contributed by atoms with Gasteiger partial charge in [-0.05, 0) is 30.3 Å². The van der Waals surface area contributed by atoms with Gasteiger partial charge in [-0.25, -0.2) is 4.39 Å². The molecule has 1 aliphatic heterocycles. The van der Waals surface area contributed by atoms with Crippen molar-refractivity contribution in [3.63, 3.8) is 0 Å². The second kappa shape index (κ2) is 4.96. The monoisotopic (exact) mass is 310 g/mol. The maximum absolute atomic E-state index is 13.1. The molecule has 2 N–H and O–H groups in total. The van der Waals surface area contributed by atoms with E-state index in [2.05, 4.69) is 10.6 Å². The summed E-state index contributed by atoms with van der Waals surface area (Å²) in [5, 5.41) is 6.61. The smallest absolute Gasteiger partial charge is 0.251 e. The molecule has 3 rings (SSSR count). The maximum atomic E-state index is 13.1. The first-order chi connectivity index (χ1) is 9.54. The van der Waals surface area contributed by atoms with Gasteiger partial charge in [0.05, 0.1) is 10.7 Å². The quantitative estimate of drug-likeness (QED) is 0.871. The van der Waals surface area contributed by atoms with E-state index >= 15 is 0 Å². The Morgan fingerprint density at radius 3 is 2.75 bits per heavy atom. The van der Waals surface area contributed by atoms with Crippen LogP contribution < -0.4 is 10.6 Å². The van der Waals surface area contributed by atoms with Crippen LogP contribution in [-0.2, 0) is 4.79 Å². The van der Waals surface area contributed by atoms with Crippen molar-refractivity contribution in [3.05, 3.63) is 57.8 Å². The van der Waals surface area contributed by atoms with Crippen LogP contribution in [0.5, 0.6) is 0 Å². The molecule has 0 aromatic heterocycles. The van der Waals surface area contributed by atoms with Gasteiger partial charge in [0, 0.05) is 16.3 Å². The highest BCUT2D eigenvalue weighted by Gasteiger charge is 2.31. The second-order valence-electron chi connectivity index (χ2n) is 4.42. The summed E-state index contributed by atoms with van der Waals surface area (Å²) in [5.74, 6) is -0.660. The normalized spacial score (nSPS) is 16.8. The molecule has 0 radical (unpaired) electrons. The first kappa shape index (κ1) is 13.2. The summed E-state index contributed by atoms with van der Waals surface area (Å²) in [4.78, 5) is 12.0. The third kappa shape index (κ3) is 2.32. The Kier molecular flexibility index (Phi) is 3.28. The molecule has 0 bridgehead atoms. The highest BCUT2D eigenvalue weighted by Crippen LogP contribution is 2.36. The van der Waals surface area contributed by atoms with E-state index in [1.54, 1.807) is 24.3 Å². The molecule has 0 fully saturated rings. The molecule has 102 valence electrons. The Morgan fingerprint density at radius 2 is 1.95 bits per heavy atom. The molecule has 6 heteroatoms. The van der Waals surface area contributed by atoms with Crippen LogP contribution in [0.1, 0.15) is 11.6 Å². The highest BCUT2D eigenvalue weighted by molar-refractivity contribution is 6.35. The first-order valence-electron chi connectivity index (χ1n) is 5.86. The molecule has 0 spiro atoms. The lowest BCUT2D eigenvalue weighted by Gasteiger charge is -2.14. The number of carbonyl (C=O) groups is 1. The minimum atomic E-state index is -0.624. The second-order valence-corrected chi connectivity index (χ2v) is 5.27. The molecule has 0 saturated heterocycles. The van der Waals surface area contributed by atoms with Crippen LogP contribution in [0.25, 0.3) is 0 Å². The Balaban J connectivity index is 1.96. The van der Waals surface area contributed by atoms with Gasteiger partial charge in [-0.2, -0.15) is 0 Å². The molecule has 1 atom stereocenters. The molecule has 0 saturated carbocycles. The van der Waals surface area contributed by atoms with Gasteiger partial charge in [0.15, 0.2) is 0 Å². The molecule has 2 aromatic carbocycles. The van der Waals surface area contributed by atoms with Crippen LogP contribution in [0.4, 0.5) is 15.8 Å². The predicted octanol–water partition coefficient (Wildman–Crippen LogP) is 4.24. The number of fused-ring (bicyclic) bond motifs is 1. The van der Waals surface area contributed by atoms with Gasteiger partial charge in [0.1, 0.15) is 11.9 Å². The van der Waals surface area contributed by atoms with Crippen LogP contribution in [0, 0.1) is 5.82 Å². The molecule has 0 aliphatic carbocycles. The molecule has 1 unspecified atom stereocenters. The zero-order chi connectivity index (χ0) is 14.3. The van der Waals surface area contributed by atoms with E-state index < -0.39 is 11.9 Å². The van der Waals surface area contributed by atoms with E-state index in [0.29, 0.717) is 27.0 Å². The van der Waals surface area contributed by atoms with E-state index in [-0.39, 0.29) is 5.91 Å². The van der Waals surface area contributed by atoms with Crippen LogP contribution in [-0.4, -0.2) is 5.91 Å². The van der Waals surface area contributed by atoms with Gasteiger partial charge in [-0.3, -0.25) is 4.79 Å². The minimum absolute atomic E-state index is 0.262. The molecular formula is C14H9Cl2FN2O. The first-order valence-corrected chi connectivity index (χ1v) is 6.62. The summed E-state index contributed by atoms with van der Waals surface area (Å²) < 4.78 is 13.1. The number of hydrogen-bond donors (Lipinski definition) is 2. The Morgan fingerprint density at radius 1 is 1.15 bits per heavy atom. The number of benzene rings is 2. The predicted molar refractivity (Wildman–Crippen MR) is 77.9 cm³/mol. The average molecular weight is 311 g/mol. The van der Waals surface area contributed by atoms with Crippen LogP contribution in [0.3, 0.4) is 0 Å². The molecule has 3 nitrogen and oxygen atoms in total. The van der Waals surface area contributed by atoms with Gasteiger partial charge in [-0.1, -0.05) is 29.3 Å². The van der Waals surface area contributed by atoms with E-state index in [0.717, 1.165) is 0 Å². The summed E-state index contributed by atoms with van der Waals surface area (Å²) in [6.45, 7) is 0. The van der Waals surface area contributed by atoms with Crippen LogP contribution >= 0.6 is 23.2 Å². The molecular weight excluding hydrogens is 302 g/mol. The molecule has 1 aliphatic rings. The summed E-state index contributed by atoms with van der Waals surface area (Å²) in [7, 11) is 0. The Labute approximate surface area is 124 Å². The van der Waals surface area contributed by atoms with Gasteiger partial charge in [0.25, 0.3) is 5.91 Å². The fourth-order valence-electron chi connectivity index (χ4n) is 2.14. The largest absolute Gasteiger partial charge is 0.369 e. The number of carbonyl (C=O) groups excluding carboxylic acids is 1. The van der Waals surface area contributed by atoms with Crippen molar-refractivity contribution >= 4 is 40.5 Å². The van der Waals surface area contributed by atoms with Gasteiger partial charge in [0.2, 0.25) is 0 Å². The summed E-state index contributed by atoms with van der Waals surface area (Å²) in [6, 6.07) is 8.48. The van der Waals surface area contributed by atoms with Crippen molar-refractivity contribution in [1.29, 1.82) is 0 Å². The summed E-state index contributed by atoms with van der Waals surface area (Å²) in [5.41, 5.74) is 1.69. The SMILES string of the molecule is O=C1Nc2cc(F)ccc2C1Nc1cc(Cl)ccc1Cl. The average Bonchev–Trinajstić information content (AvgIpc) is 2.69. The van der Waals surface area contributed by atoms with E-state index in [9.17, 15) is 9.18 Å². The van der Waals surface area contributed by atoms with Crippen molar-refractivity contribution < 1.29 is 9.18 Å². The van der Waals surface area contributed by atoms with Crippen molar-refractivity contribution in [2.24, 2.45) is 0 Å². The topological polar surface area (TPSA) is 41.1 Å². The number of rotatable bonds is 2. The molecule has 1 heterocycles. The van der Waals surface area contributed by atoms with Crippen LogP contribution in [0.15, 0.2) is 36.4 Å². The van der Waals surface area contributed by atoms with E-state index in [1.807, 2.05) is 0 Å². The zero-order valence-electron chi connectivity index (χ0n) is 10.1. The third-order valence-electron chi connectivity index (χ3n) is 3.07. The number of hydrogen-bond acceptors (Lipinski definition) is 2. The Bertz CT molecular complexity index is 706. The fraction of sp³-hybridized carbons (Fsp3) is 0.0714. The van der Waals surface area contributed by atoms with E-state index in [4.69, 9.17) is 23.2 Å². The van der Waals surface area contributed by atoms with Gasteiger partial charge >= 0.3 is 0 Å². The lowest BCUT2D eigenvalue weighted by atomic mass is 10.1. The van der Waals surface area contributed by atoms with E-state index in [1.165, 1.54) is 12.1 Å². The van der Waals surface area contributed by atoms with Gasteiger partial charge in [-0.15, -0.1) is 0 Å². The number of amides is 1. The fourth-order valence-corrected chi connectivity index (χ4v) is 2.49. The number of anilines is 2. The van der Waals surface area contributed by atoms with Crippen molar-refractivity contribution in [3.8, 4) is 0 Å². The number of nitrogens with one attached hydrogen (secondary N) is 2. The summed E-state index contributed by atoms with van der Waals surface area (Å²) in [6.07, 6.45) is 0. The number of halogens is 3.